The van der Waals surface area contributed by atoms with Gasteiger partial charge in [0.1, 0.15) is 12.2 Å². The van der Waals surface area contributed by atoms with Crippen LogP contribution < -0.4 is 0 Å². The molecule has 0 aliphatic heterocycles. The molecule has 0 saturated carbocycles. The molecule has 0 unspecified atom stereocenters. The van der Waals surface area contributed by atoms with Crippen molar-refractivity contribution in [2.24, 2.45) is 10.2 Å². The minimum Gasteiger partial charge on any atom is -0.480 e. The number of carboxylic acids is 1. The van der Waals surface area contributed by atoms with Gasteiger partial charge in [-0.3, -0.25) is 9.48 Å². The standard InChI is InChI=1S/C11H10N4O2/c16-11(17)8-15-7-10(6-12-15)14-13-9-4-2-1-3-5-9/h1-7H,8H2,(H,16,17). The van der Waals surface area contributed by atoms with Crippen molar-refractivity contribution in [3.63, 3.8) is 0 Å². The predicted octanol–water partition coefficient (Wildman–Crippen LogP) is 2.38. The minimum absolute atomic E-state index is 0.180. The molecule has 86 valence electrons. The van der Waals surface area contributed by atoms with E-state index < -0.39 is 5.97 Å². The quantitative estimate of drug-likeness (QED) is 0.819. The van der Waals surface area contributed by atoms with E-state index in [4.69, 9.17) is 5.11 Å². The van der Waals surface area contributed by atoms with Crippen molar-refractivity contribution in [1.82, 2.24) is 9.78 Å². The number of hydrogen-bond acceptors (Lipinski definition) is 4. The van der Waals surface area contributed by atoms with E-state index >= 15 is 0 Å². The van der Waals surface area contributed by atoms with Gasteiger partial charge in [-0.1, -0.05) is 18.2 Å². The Labute approximate surface area is 97.2 Å². The molecule has 1 heterocycles. The van der Waals surface area contributed by atoms with E-state index in [2.05, 4.69) is 15.3 Å². The Kier molecular flexibility index (Phi) is 3.25. The van der Waals surface area contributed by atoms with Crippen molar-refractivity contribution in [1.29, 1.82) is 0 Å². The van der Waals surface area contributed by atoms with Gasteiger partial charge in [0.05, 0.1) is 18.1 Å². The molecule has 2 rings (SSSR count). The molecule has 17 heavy (non-hydrogen) atoms. The largest absolute Gasteiger partial charge is 0.480 e. The second kappa shape index (κ2) is 5.02. The van der Waals surface area contributed by atoms with E-state index in [0.29, 0.717) is 5.69 Å². The van der Waals surface area contributed by atoms with Crippen molar-refractivity contribution >= 4 is 17.3 Å². The Hall–Kier alpha value is -2.50. The number of benzene rings is 1. The number of carboxylic acid groups (broad SMARTS) is 1. The fourth-order valence-corrected chi connectivity index (χ4v) is 1.24. The van der Waals surface area contributed by atoms with Crippen LogP contribution in [0, 0.1) is 0 Å². The number of nitrogens with zero attached hydrogens (tertiary/aromatic N) is 4. The monoisotopic (exact) mass is 230 g/mol. The Morgan fingerprint density at radius 3 is 2.65 bits per heavy atom. The van der Waals surface area contributed by atoms with Crippen LogP contribution in [0.1, 0.15) is 0 Å². The van der Waals surface area contributed by atoms with Gasteiger partial charge in [-0.15, -0.1) is 5.11 Å². The molecule has 0 radical (unpaired) electrons. The number of aromatic nitrogens is 2. The third-order valence-electron chi connectivity index (χ3n) is 1.95. The lowest BCUT2D eigenvalue weighted by Gasteiger charge is -1.92. The van der Waals surface area contributed by atoms with Crippen molar-refractivity contribution in [2.75, 3.05) is 0 Å². The molecule has 6 nitrogen and oxygen atoms in total. The zero-order valence-electron chi connectivity index (χ0n) is 8.89. The fourth-order valence-electron chi connectivity index (χ4n) is 1.24. The lowest BCUT2D eigenvalue weighted by Crippen LogP contribution is -2.08. The molecular formula is C11H10N4O2. The maximum atomic E-state index is 10.4. The number of aliphatic carboxylic acids is 1. The molecule has 0 aliphatic rings. The molecule has 0 fully saturated rings. The van der Waals surface area contributed by atoms with Crippen LogP contribution in [-0.4, -0.2) is 20.9 Å². The summed E-state index contributed by atoms with van der Waals surface area (Å²) < 4.78 is 1.29. The fraction of sp³-hybridized carbons (Fsp3) is 0.0909. The van der Waals surface area contributed by atoms with E-state index in [-0.39, 0.29) is 6.54 Å². The molecule has 1 N–H and O–H groups in total. The minimum atomic E-state index is -0.945. The van der Waals surface area contributed by atoms with Gasteiger partial charge in [0.2, 0.25) is 0 Å². The average molecular weight is 230 g/mol. The first kappa shape index (κ1) is 11.0. The van der Waals surface area contributed by atoms with Crippen LogP contribution >= 0.6 is 0 Å². The summed E-state index contributed by atoms with van der Waals surface area (Å²) in [7, 11) is 0. The summed E-state index contributed by atoms with van der Waals surface area (Å²) in [5.41, 5.74) is 1.26. The van der Waals surface area contributed by atoms with E-state index in [0.717, 1.165) is 5.69 Å². The highest BCUT2D eigenvalue weighted by Crippen LogP contribution is 2.16. The maximum Gasteiger partial charge on any atom is 0.325 e. The topological polar surface area (TPSA) is 79.8 Å². The van der Waals surface area contributed by atoms with Gasteiger partial charge >= 0.3 is 5.97 Å². The molecule has 1 aromatic carbocycles. The molecule has 6 heteroatoms. The molecule has 0 aliphatic carbocycles. The highest BCUT2D eigenvalue weighted by molar-refractivity contribution is 5.66. The number of hydrogen-bond donors (Lipinski definition) is 1. The first-order valence-corrected chi connectivity index (χ1v) is 4.95. The molecular weight excluding hydrogens is 220 g/mol. The third kappa shape index (κ3) is 3.23. The Bertz CT molecular complexity index is 533. The molecule has 0 atom stereocenters. The number of azo groups is 1. The van der Waals surface area contributed by atoms with Gasteiger partial charge in [-0.25, -0.2) is 0 Å². The summed E-state index contributed by atoms with van der Waals surface area (Å²) in [6, 6.07) is 9.27. The van der Waals surface area contributed by atoms with Gasteiger partial charge in [0.15, 0.2) is 0 Å². The van der Waals surface area contributed by atoms with E-state index in [9.17, 15) is 4.79 Å². The van der Waals surface area contributed by atoms with Gasteiger partial charge in [-0.05, 0) is 12.1 Å². The van der Waals surface area contributed by atoms with E-state index in [1.165, 1.54) is 17.1 Å². The number of carbonyl (C=O) groups is 1. The lowest BCUT2D eigenvalue weighted by atomic mass is 10.3. The zero-order chi connectivity index (χ0) is 12.1. The third-order valence-corrected chi connectivity index (χ3v) is 1.95. The predicted molar refractivity (Wildman–Crippen MR) is 60.5 cm³/mol. The summed E-state index contributed by atoms with van der Waals surface area (Å²) in [5.74, 6) is -0.945. The van der Waals surface area contributed by atoms with Crippen LogP contribution in [0.15, 0.2) is 53.0 Å². The second-order valence-corrected chi connectivity index (χ2v) is 3.33. The van der Waals surface area contributed by atoms with E-state index in [1.54, 1.807) is 0 Å². The van der Waals surface area contributed by atoms with Crippen molar-refractivity contribution in [2.45, 2.75) is 6.54 Å². The van der Waals surface area contributed by atoms with Crippen LogP contribution in [0.2, 0.25) is 0 Å². The van der Waals surface area contributed by atoms with Gasteiger partial charge in [0, 0.05) is 0 Å². The summed E-state index contributed by atoms with van der Waals surface area (Å²) >= 11 is 0. The highest BCUT2D eigenvalue weighted by Gasteiger charge is 2.01. The Morgan fingerprint density at radius 2 is 1.94 bits per heavy atom. The average Bonchev–Trinajstić information content (AvgIpc) is 2.75. The Balaban J connectivity index is 2.06. The van der Waals surface area contributed by atoms with Crippen molar-refractivity contribution in [3.8, 4) is 0 Å². The lowest BCUT2D eigenvalue weighted by molar-refractivity contribution is -0.137. The van der Waals surface area contributed by atoms with E-state index in [1.807, 2.05) is 30.3 Å². The zero-order valence-corrected chi connectivity index (χ0v) is 8.89. The molecule has 0 saturated heterocycles. The second-order valence-electron chi connectivity index (χ2n) is 3.33. The number of rotatable bonds is 4. The first-order chi connectivity index (χ1) is 8.24. The van der Waals surface area contributed by atoms with Gasteiger partial charge in [-0.2, -0.15) is 10.2 Å². The smallest absolute Gasteiger partial charge is 0.325 e. The normalized spacial score (nSPS) is 10.8. The van der Waals surface area contributed by atoms with Gasteiger partial charge < -0.3 is 5.11 Å². The maximum absolute atomic E-state index is 10.4. The highest BCUT2D eigenvalue weighted by atomic mass is 16.4. The summed E-state index contributed by atoms with van der Waals surface area (Å²) in [4.78, 5) is 10.4. The molecule has 0 spiro atoms. The van der Waals surface area contributed by atoms with Crippen LogP contribution in [0.25, 0.3) is 0 Å². The van der Waals surface area contributed by atoms with Crippen LogP contribution in [0.4, 0.5) is 11.4 Å². The molecule has 1 aromatic heterocycles. The summed E-state index contributed by atoms with van der Waals surface area (Å²) in [6.45, 7) is -0.180. The SMILES string of the molecule is O=C(O)Cn1cc(N=Nc2ccccc2)cn1. The summed E-state index contributed by atoms with van der Waals surface area (Å²) in [6.07, 6.45) is 3.00. The van der Waals surface area contributed by atoms with Crippen LogP contribution in [0.5, 0.6) is 0 Å². The molecule has 0 amide bonds. The molecule has 2 aromatic rings. The Morgan fingerprint density at radius 1 is 1.24 bits per heavy atom. The van der Waals surface area contributed by atoms with Crippen LogP contribution in [-0.2, 0) is 11.3 Å². The summed E-state index contributed by atoms with van der Waals surface area (Å²) in [5, 5.41) is 20.4. The van der Waals surface area contributed by atoms with Crippen molar-refractivity contribution in [3.05, 3.63) is 42.7 Å². The van der Waals surface area contributed by atoms with Crippen LogP contribution in [0.3, 0.4) is 0 Å². The van der Waals surface area contributed by atoms with Gasteiger partial charge in [0.25, 0.3) is 0 Å². The first-order valence-electron chi connectivity index (χ1n) is 4.95. The van der Waals surface area contributed by atoms with Crippen molar-refractivity contribution < 1.29 is 9.90 Å². The molecule has 0 bridgehead atoms.